The number of ether oxygens (including phenoxy) is 4. The molecule has 0 aliphatic heterocycles. The van der Waals surface area contributed by atoms with Crippen LogP contribution in [0.2, 0.25) is 0 Å². The van der Waals surface area contributed by atoms with Crippen molar-refractivity contribution in [2.24, 2.45) is 10.2 Å². The molecule has 0 amide bonds. The van der Waals surface area contributed by atoms with Crippen molar-refractivity contribution in [3.8, 4) is 17.6 Å². The van der Waals surface area contributed by atoms with E-state index >= 15 is 0 Å². The molecule has 0 bridgehead atoms. The lowest BCUT2D eigenvalue weighted by atomic mass is 10.2. The molecule has 0 saturated heterocycles. The predicted molar refractivity (Wildman–Crippen MR) is 142 cm³/mol. The second-order valence-electron chi connectivity index (χ2n) is 8.09. The Balaban J connectivity index is 1.91. The highest BCUT2D eigenvalue weighted by atomic mass is 16.5. The molecule has 0 heterocycles. The minimum Gasteiger partial charge on any atom is -0.502 e. The van der Waals surface area contributed by atoms with E-state index < -0.39 is 0 Å². The van der Waals surface area contributed by atoms with Gasteiger partial charge in [0.05, 0.1) is 56.3 Å². The average molecular weight is 492 g/mol. The molecule has 0 aromatic heterocycles. The van der Waals surface area contributed by atoms with Crippen LogP contribution in [0, 0.1) is 11.3 Å². The summed E-state index contributed by atoms with van der Waals surface area (Å²) in [7, 11) is 0. The van der Waals surface area contributed by atoms with Gasteiger partial charge in [-0.15, -0.1) is 5.11 Å². The molecular formula is C29H37N3O4. The third-order valence-electron chi connectivity index (χ3n) is 5.28. The Morgan fingerprint density at radius 2 is 1.28 bits per heavy atom. The van der Waals surface area contributed by atoms with Gasteiger partial charge in [-0.2, -0.15) is 10.4 Å². The average Bonchev–Trinajstić information content (AvgIpc) is 2.91. The van der Waals surface area contributed by atoms with E-state index in [0.717, 1.165) is 57.1 Å². The molecule has 0 aliphatic carbocycles. The molecule has 0 atom stereocenters. The van der Waals surface area contributed by atoms with Gasteiger partial charge in [-0.05, 0) is 87.8 Å². The van der Waals surface area contributed by atoms with Crippen LogP contribution in [-0.2, 0) is 9.47 Å². The fraction of sp³-hybridized carbons (Fsp3) is 0.414. The normalized spacial score (nSPS) is 10.5. The number of unbranched alkanes of at least 4 members (excludes halogenated alkanes) is 6. The van der Waals surface area contributed by atoms with E-state index in [4.69, 9.17) is 24.2 Å². The first-order valence-electron chi connectivity index (χ1n) is 12.5. The zero-order valence-electron chi connectivity index (χ0n) is 21.1. The Kier molecular flexibility index (Phi) is 14.6. The maximum Gasteiger partial charge on any atom is 0.150 e. The number of nitriles is 1. The van der Waals surface area contributed by atoms with Crippen LogP contribution < -0.4 is 9.47 Å². The molecule has 0 spiro atoms. The second kappa shape index (κ2) is 18.5. The predicted octanol–water partition coefficient (Wildman–Crippen LogP) is 8.17. The van der Waals surface area contributed by atoms with E-state index in [-0.39, 0.29) is 0 Å². The van der Waals surface area contributed by atoms with E-state index in [0.29, 0.717) is 49.1 Å². The summed E-state index contributed by atoms with van der Waals surface area (Å²) in [6.45, 7) is 9.73. The van der Waals surface area contributed by atoms with Crippen LogP contribution in [0.4, 0.5) is 11.4 Å². The van der Waals surface area contributed by atoms with Crippen molar-refractivity contribution in [1.29, 1.82) is 5.26 Å². The molecule has 0 N–H and O–H groups in total. The van der Waals surface area contributed by atoms with Crippen LogP contribution >= 0.6 is 0 Å². The number of nitrogens with zero attached hydrogens (tertiary/aromatic N) is 3. The molecule has 2 aromatic rings. The van der Waals surface area contributed by atoms with Gasteiger partial charge in [0.25, 0.3) is 0 Å². The van der Waals surface area contributed by atoms with E-state index in [2.05, 4.69) is 29.5 Å². The smallest absolute Gasteiger partial charge is 0.150 e. The maximum absolute atomic E-state index is 8.96. The topological polar surface area (TPSA) is 85.4 Å². The summed E-state index contributed by atoms with van der Waals surface area (Å²) in [6, 6.07) is 14.7. The van der Waals surface area contributed by atoms with Crippen LogP contribution in [0.3, 0.4) is 0 Å². The van der Waals surface area contributed by atoms with Crippen LogP contribution in [0.5, 0.6) is 11.5 Å². The Morgan fingerprint density at radius 3 is 1.86 bits per heavy atom. The minimum atomic E-state index is 0.581. The first-order chi connectivity index (χ1) is 17.8. The highest BCUT2D eigenvalue weighted by Gasteiger charge is 2.07. The highest BCUT2D eigenvalue weighted by Crippen LogP contribution is 2.33. The monoisotopic (exact) mass is 491 g/mol. The van der Waals surface area contributed by atoms with Crippen LogP contribution in [-0.4, -0.2) is 26.4 Å². The number of azo groups is 1. The van der Waals surface area contributed by atoms with E-state index in [1.165, 1.54) is 12.5 Å². The van der Waals surface area contributed by atoms with Crippen molar-refractivity contribution in [2.75, 3.05) is 26.4 Å². The zero-order chi connectivity index (χ0) is 25.7. The van der Waals surface area contributed by atoms with Crippen LogP contribution in [0.25, 0.3) is 0 Å². The standard InChI is InChI=1S/C29H37N3O4/c1-3-33-19-9-5-7-11-21-35-27-17-18-28(32-31-26-15-13-25(24-30)14-16-26)29(23-27)36-22-12-8-6-10-20-34-4-2/h3-4,13-18,23H,1-2,5-12,19-22H2. The van der Waals surface area contributed by atoms with Crippen molar-refractivity contribution in [3.05, 3.63) is 73.7 Å². The van der Waals surface area contributed by atoms with Crippen molar-refractivity contribution < 1.29 is 18.9 Å². The summed E-state index contributed by atoms with van der Waals surface area (Å²) in [5.41, 5.74) is 1.88. The molecule has 0 unspecified atom stereocenters. The van der Waals surface area contributed by atoms with Crippen molar-refractivity contribution >= 4 is 11.4 Å². The molecule has 0 radical (unpaired) electrons. The Labute approximate surface area is 215 Å². The molecule has 2 aromatic carbocycles. The fourth-order valence-corrected chi connectivity index (χ4v) is 3.32. The molecule has 192 valence electrons. The lowest BCUT2D eigenvalue weighted by molar-refractivity contribution is 0.238. The quantitative estimate of drug-likeness (QED) is 0.106. The Hall–Kier alpha value is -3.79. The van der Waals surface area contributed by atoms with Gasteiger partial charge in [0.1, 0.15) is 17.2 Å². The van der Waals surface area contributed by atoms with Gasteiger partial charge in [-0.25, -0.2) is 0 Å². The summed E-state index contributed by atoms with van der Waals surface area (Å²) < 4.78 is 22.3. The lowest BCUT2D eigenvalue weighted by Crippen LogP contribution is -2.00. The van der Waals surface area contributed by atoms with Gasteiger partial charge in [0, 0.05) is 6.07 Å². The molecule has 7 nitrogen and oxygen atoms in total. The largest absolute Gasteiger partial charge is 0.502 e. The minimum absolute atomic E-state index is 0.581. The third-order valence-corrected chi connectivity index (χ3v) is 5.28. The van der Waals surface area contributed by atoms with E-state index in [1.54, 1.807) is 24.3 Å². The van der Waals surface area contributed by atoms with Crippen molar-refractivity contribution in [3.63, 3.8) is 0 Å². The van der Waals surface area contributed by atoms with Gasteiger partial charge < -0.3 is 18.9 Å². The van der Waals surface area contributed by atoms with Gasteiger partial charge in [-0.3, -0.25) is 0 Å². The maximum atomic E-state index is 8.96. The van der Waals surface area contributed by atoms with E-state index in [9.17, 15) is 0 Å². The van der Waals surface area contributed by atoms with Crippen molar-refractivity contribution in [1.82, 2.24) is 0 Å². The number of hydrogen-bond acceptors (Lipinski definition) is 7. The van der Waals surface area contributed by atoms with E-state index in [1.807, 2.05) is 18.2 Å². The first-order valence-corrected chi connectivity index (χ1v) is 12.5. The number of benzene rings is 2. The molecule has 0 fully saturated rings. The zero-order valence-corrected chi connectivity index (χ0v) is 21.1. The number of rotatable bonds is 20. The second-order valence-corrected chi connectivity index (χ2v) is 8.09. The lowest BCUT2D eigenvalue weighted by Gasteiger charge is -2.12. The molecule has 36 heavy (non-hydrogen) atoms. The van der Waals surface area contributed by atoms with Gasteiger partial charge in [0.2, 0.25) is 0 Å². The van der Waals surface area contributed by atoms with Crippen molar-refractivity contribution in [2.45, 2.75) is 51.4 Å². The summed E-state index contributed by atoms with van der Waals surface area (Å²) in [5, 5.41) is 17.6. The highest BCUT2D eigenvalue weighted by molar-refractivity contribution is 5.55. The summed E-state index contributed by atoms with van der Waals surface area (Å²) in [4.78, 5) is 0. The van der Waals surface area contributed by atoms with Gasteiger partial charge in [0.15, 0.2) is 0 Å². The number of hydrogen-bond donors (Lipinski definition) is 0. The summed E-state index contributed by atoms with van der Waals surface area (Å²) >= 11 is 0. The molecule has 0 saturated carbocycles. The molecule has 0 aliphatic rings. The fourth-order valence-electron chi connectivity index (χ4n) is 3.32. The molecular weight excluding hydrogens is 454 g/mol. The van der Waals surface area contributed by atoms with Gasteiger partial charge >= 0.3 is 0 Å². The van der Waals surface area contributed by atoms with Crippen LogP contribution in [0.15, 0.2) is 78.4 Å². The molecule has 2 rings (SSSR count). The first kappa shape index (κ1) is 28.4. The Morgan fingerprint density at radius 1 is 0.694 bits per heavy atom. The summed E-state index contributed by atoms with van der Waals surface area (Å²) in [5.74, 6) is 1.39. The Bertz CT molecular complexity index is 967. The SMILES string of the molecule is C=COCCCCCCOc1ccc(N=Nc2ccc(C#N)cc2)c(OCCCCCCOC=C)c1. The van der Waals surface area contributed by atoms with Crippen LogP contribution in [0.1, 0.15) is 56.9 Å². The van der Waals surface area contributed by atoms with Gasteiger partial charge in [-0.1, -0.05) is 13.2 Å². The summed E-state index contributed by atoms with van der Waals surface area (Å²) in [6.07, 6.45) is 11.2. The third kappa shape index (κ3) is 12.1. The molecule has 7 heteroatoms.